The average Bonchev–Trinajstić information content (AvgIpc) is 1.44. The normalized spacial score (nSPS) is 18.8. The van der Waals surface area contributed by atoms with Gasteiger partial charge in [0.15, 0.2) is 47.3 Å². The first kappa shape index (κ1) is 106. The average molecular weight is 1790 g/mol. The molecule has 0 spiro atoms. The summed E-state index contributed by atoms with van der Waals surface area (Å²) in [6, 6.07) is 12.5. The third-order valence-electron chi connectivity index (χ3n) is 17.9. The molecule has 0 aromatic heterocycles. The molecular formula is C81H122N12O27S3. The maximum atomic E-state index is 14.9. The number of ether oxygens (including phenoxy) is 10. The molecule has 2 aromatic rings. The van der Waals surface area contributed by atoms with Crippen molar-refractivity contribution in [1.82, 2.24) is 42.5 Å². The van der Waals surface area contributed by atoms with Gasteiger partial charge in [0.2, 0.25) is 41.4 Å². The van der Waals surface area contributed by atoms with Crippen LogP contribution in [0.3, 0.4) is 0 Å². The van der Waals surface area contributed by atoms with Crippen molar-refractivity contribution in [3.05, 3.63) is 71.8 Å². The van der Waals surface area contributed by atoms with Gasteiger partial charge in [-0.2, -0.15) is 0 Å². The molecule has 123 heavy (non-hydrogen) atoms. The SMILES string of the molecule is CC(=O)COCC(=O)CCCOCCOCCOCCCC(=O)[C@@H]1CSCC(=O)N[C@@H](CCCCNC(=O)COCC(=O)NCCOCCOCCOCCOCCOCCNC(=O)CO/N=C/c2ccccc2)C(=O)N[C@H]2CSSC[C@H](NC(=O)[C@H](CC(=O)O)CC(=O)CNC(=O)[C@H](CCCN=C(N)N)CC2=O)C(=O)C[C@@H](Cc2ccccc2)C(=O)N1. The zero-order valence-electron chi connectivity index (χ0n) is 69.8. The molecule has 2 aliphatic rings. The van der Waals surface area contributed by atoms with Crippen LogP contribution in [0.4, 0.5) is 0 Å². The van der Waals surface area contributed by atoms with Gasteiger partial charge in [0, 0.05) is 101 Å². The number of rotatable bonds is 58. The van der Waals surface area contributed by atoms with Crippen molar-refractivity contribution < 1.29 is 129 Å². The number of nitrogens with two attached hydrogens (primary N) is 2. The van der Waals surface area contributed by atoms with Gasteiger partial charge in [0.1, 0.15) is 32.5 Å². The van der Waals surface area contributed by atoms with E-state index in [0.29, 0.717) is 71.4 Å². The highest BCUT2D eigenvalue weighted by molar-refractivity contribution is 8.76. The summed E-state index contributed by atoms with van der Waals surface area (Å²) >= 11 is 0.951. The van der Waals surface area contributed by atoms with Gasteiger partial charge in [-0.1, -0.05) is 87.4 Å². The molecule has 2 saturated heterocycles. The monoisotopic (exact) mass is 1790 g/mol. The fraction of sp³-hybridized carbons (Fsp3) is 0.642. The number of nitrogens with zero attached hydrogens (tertiary/aromatic N) is 2. The van der Waals surface area contributed by atoms with Crippen LogP contribution in [-0.2, 0) is 131 Å². The third kappa shape index (κ3) is 53.8. The van der Waals surface area contributed by atoms with Gasteiger partial charge < -0.3 is 111 Å². The van der Waals surface area contributed by atoms with E-state index < -0.39 is 158 Å². The van der Waals surface area contributed by atoms with E-state index in [1.165, 1.54) is 13.1 Å². The topological polar surface area (TPSA) is 551 Å². The number of hydrogen-bond donors (Lipinski definition) is 11. The smallest absolute Gasteiger partial charge is 0.304 e. The number of carboxylic acid groups (broad SMARTS) is 1. The lowest BCUT2D eigenvalue weighted by atomic mass is 9.90. The summed E-state index contributed by atoms with van der Waals surface area (Å²) in [6.07, 6.45) is 0.171. The van der Waals surface area contributed by atoms with Crippen molar-refractivity contribution in [2.45, 2.75) is 121 Å². The summed E-state index contributed by atoms with van der Waals surface area (Å²) in [6.45, 7) is 4.08. The summed E-state index contributed by atoms with van der Waals surface area (Å²) in [5.41, 5.74) is 12.6. The van der Waals surface area contributed by atoms with Crippen LogP contribution in [0.25, 0.3) is 0 Å². The summed E-state index contributed by atoms with van der Waals surface area (Å²) in [4.78, 5) is 211. The van der Waals surface area contributed by atoms with Gasteiger partial charge in [-0.25, -0.2) is 0 Å². The van der Waals surface area contributed by atoms with Crippen LogP contribution >= 0.6 is 33.3 Å². The number of carboxylic acids is 1. The van der Waals surface area contributed by atoms with Crippen LogP contribution < -0.4 is 54.0 Å². The van der Waals surface area contributed by atoms with Gasteiger partial charge >= 0.3 is 5.97 Å². The minimum Gasteiger partial charge on any atom is -0.481 e. The number of amides is 8. The standard InChI is InChI=1S/C81H122N12O27S3/c1-57(94)48-118-49-63(95)18-11-25-110-29-33-114-34-30-111-26-12-20-69(97)66-53-121-56-75(103)90-65(19-8-9-21-84-72(100)50-119-51-73(101)85-23-27-112-31-35-115-37-39-117-40-38-116-36-32-113-28-24-86-74(102)52-120-89-46-59-15-6-3-7-16-59)80(109)93-68-55-123-122-54-67(71(99)44-61(78(107)91-66)41-58-13-4-2-5-14-58)92-79(108)62(45-76(104)105)42-64(96)47-88-77(106)60(43-70(68)98)17-10-22-87-81(82)83/h2-7,13-16,46,60-62,65-68H,8-12,17-45,47-56H2,1H3,(H,84,100)(H,85,101)(H,86,102)(H,88,106)(H,90,103)(H,91,107)(H,92,108)(H,93,109)(H,104,105)(H4,82,83,87)/b89-46+/t60-,61-,62+,65+,66+,67+,68+/m1/s1. The maximum Gasteiger partial charge on any atom is 0.304 e. The first-order valence-corrected chi connectivity index (χ1v) is 44.6. The number of aliphatic carboxylic acids is 1. The summed E-state index contributed by atoms with van der Waals surface area (Å²) in [5.74, 6) is -14.9. The third-order valence-corrected chi connectivity index (χ3v) is 21.4. The Kier molecular flexibility index (Phi) is 58.4. The van der Waals surface area contributed by atoms with Crippen LogP contribution in [0.1, 0.15) is 102 Å². The highest BCUT2D eigenvalue weighted by atomic mass is 33.1. The van der Waals surface area contributed by atoms with Crippen molar-refractivity contribution in [2.75, 3.05) is 194 Å². The van der Waals surface area contributed by atoms with E-state index in [2.05, 4.69) is 52.7 Å². The van der Waals surface area contributed by atoms with Crippen molar-refractivity contribution in [3.63, 3.8) is 0 Å². The number of oxime groups is 1. The van der Waals surface area contributed by atoms with Crippen molar-refractivity contribution in [3.8, 4) is 0 Å². The summed E-state index contributed by atoms with van der Waals surface area (Å²) in [5, 5.41) is 35.2. The van der Waals surface area contributed by atoms with Crippen LogP contribution in [0.15, 0.2) is 70.8 Å². The van der Waals surface area contributed by atoms with Crippen LogP contribution in [-0.4, -0.2) is 324 Å². The fourth-order valence-corrected chi connectivity index (χ4v) is 14.9. The molecule has 2 bridgehead atoms. The predicted molar refractivity (Wildman–Crippen MR) is 455 cm³/mol. The molecule has 0 saturated carbocycles. The number of ketones is 6. The molecule has 686 valence electrons. The lowest BCUT2D eigenvalue weighted by molar-refractivity contribution is -0.142. The van der Waals surface area contributed by atoms with Gasteiger partial charge in [0.05, 0.1) is 141 Å². The van der Waals surface area contributed by atoms with Crippen LogP contribution in [0.2, 0.25) is 0 Å². The summed E-state index contributed by atoms with van der Waals surface area (Å²) in [7, 11) is 1.98. The fourth-order valence-electron chi connectivity index (χ4n) is 11.6. The van der Waals surface area contributed by atoms with E-state index in [1.807, 2.05) is 30.3 Å². The minimum atomic E-state index is -1.55. The molecule has 13 N–H and O–H groups in total. The van der Waals surface area contributed by atoms with E-state index >= 15 is 0 Å². The van der Waals surface area contributed by atoms with Gasteiger partial charge in [-0.05, 0) is 69.4 Å². The highest BCUT2D eigenvalue weighted by Gasteiger charge is 2.36. The Morgan fingerprint density at radius 3 is 1.59 bits per heavy atom. The second kappa shape index (κ2) is 67.5. The quantitative estimate of drug-likeness (QED) is 0.0133. The molecule has 0 aliphatic carbocycles. The van der Waals surface area contributed by atoms with Crippen molar-refractivity contribution in [2.24, 2.45) is 39.4 Å². The molecule has 7 atom stereocenters. The predicted octanol–water partition coefficient (Wildman–Crippen LogP) is -0.296. The Hall–Kier alpha value is -8.92. The van der Waals surface area contributed by atoms with Crippen LogP contribution in [0.5, 0.6) is 0 Å². The number of carbonyl (C=O) groups is 15. The lowest BCUT2D eigenvalue weighted by Crippen LogP contribution is -2.53. The first-order chi connectivity index (χ1) is 59.4. The number of aliphatic imine (C=N–C) groups is 1. The second-order valence-corrected chi connectivity index (χ2v) is 31.9. The zero-order valence-corrected chi connectivity index (χ0v) is 72.3. The lowest BCUT2D eigenvalue weighted by Gasteiger charge is -2.26. The maximum absolute atomic E-state index is 14.9. The molecule has 2 fully saturated rings. The number of guanidine groups is 1. The second-order valence-electron chi connectivity index (χ2n) is 28.3. The largest absolute Gasteiger partial charge is 0.481 e. The molecule has 0 radical (unpaired) electrons. The number of unbranched alkanes of at least 4 members (excludes halogenated alkanes) is 1. The molecule has 2 aliphatic heterocycles. The van der Waals surface area contributed by atoms with Gasteiger partial charge in [-0.15, -0.1) is 11.8 Å². The molecule has 2 heterocycles. The Morgan fingerprint density at radius 1 is 0.504 bits per heavy atom. The molecule has 8 amide bonds. The van der Waals surface area contributed by atoms with Gasteiger partial charge in [0.25, 0.3) is 5.91 Å². The Labute approximate surface area is 728 Å². The number of fused-ring (bicyclic) bond motifs is 5. The number of benzene rings is 2. The number of thioether (sulfide) groups is 1. The molecule has 0 unspecified atom stereocenters. The number of nitrogens with one attached hydrogen (secondary N) is 8. The van der Waals surface area contributed by atoms with E-state index in [1.54, 1.807) is 30.3 Å². The van der Waals surface area contributed by atoms with Crippen molar-refractivity contribution in [1.29, 1.82) is 0 Å². The van der Waals surface area contributed by atoms with Gasteiger partial charge in [-0.3, -0.25) is 76.9 Å². The number of Topliss-reactive ketones (excluding diaryl/α,β-unsaturated/α-hetero) is 6. The Bertz CT molecular complexity index is 3600. The molecular weight excluding hydrogens is 1670 g/mol. The molecule has 2 aromatic carbocycles. The van der Waals surface area contributed by atoms with E-state index in [-0.39, 0.29) is 197 Å². The van der Waals surface area contributed by atoms with Crippen molar-refractivity contribution >= 4 is 133 Å². The first-order valence-electron chi connectivity index (χ1n) is 41.0. The molecule has 42 heteroatoms. The molecule has 39 nitrogen and oxygen atoms in total. The summed E-state index contributed by atoms with van der Waals surface area (Å²) < 4.78 is 54.7. The highest BCUT2D eigenvalue weighted by Crippen LogP contribution is 2.28. The van der Waals surface area contributed by atoms with E-state index in [9.17, 15) is 77.0 Å². The Morgan fingerprint density at radius 2 is 1.02 bits per heavy atom. The Balaban J connectivity index is 1.36. The zero-order chi connectivity index (χ0) is 89.3. The number of hydrogen-bond acceptors (Lipinski definition) is 31. The van der Waals surface area contributed by atoms with E-state index in [4.69, 9.17) is 63.7 Å². The minimum absolute atomic E-state index is 0.00385. The van der Waals surface area contributed by atoms with Crippen LogP contribution in [0, 0.1) is 17.8 Å². The van der Waals surface area contributed by atoms with E-state index in [0.717, 1.165) is 38.9 Å². The molecule has 4 rings (SSSR count). The number of carbonyl (C=O) groups excluding carboxylic acids is 14.